The topological polar surface area (TPSA) is 47.7 Å². The Bertz CT molecular complexity index is 434. The molecule has 4 nitrogen and oxygen atoms in total. The van der Waals surface area contributed by atoms with Crippen LogP contribution in [0.25, 0.3) is 0 Å². The van der Waals surface area contributed by atoms with Crippen molar-refractivity contribution in [1.82, 2.24) is 4.90 Å². The van der Waals surface area contributed by atoms with Crippen LogP contribution in [0.2, 0.25) is 0 Å². The van der Waals surface area contributed by atoms with Crippen molar-refractivity contribution in [3.63, 3.8) is 0 Å². The molecule has 5 heteroatoms. The van der Waals surface area contributed by atoms with Gasteiger partial charge in [0.1, 0.15) is 13.2 Å². The van der Waals surface area contributed by atoms with E-state index in [9.17, 15) is 0 Å². The Kier molecular flexibility index (Phi) is 5.52. The van der Waals surface area contributed by atoms with Gasteiger partial charge in [0.05, 0.1) is 0 Å². The molecule has 1 aromatic carbocycles. The van der Waals surface area contributed by atoms with Crippen LogP contribution < -0.4 is 15.2 Å². The third-order valence-corrected chi connectivity index (χ3v) is 4.05. The predicted molar refractivity (Wildman–Crippen MR) is 81.7 cm³/mol. The maximum atomic E-state index is 5.73. The number of benzene rings is 1. The normalized spacial score (nSPS) is 19.4. The molecule has 0 amide bonds. The Hall–Kier alpha value is -0.970. The predicted octanol–water partition coefficient (Wildman–Crippen LogP) is 2.05. The first-order valence-corrected chi connectivity index (χ1v) is 7.16. The van der Waals surface area contributed by atoms with Crippen LogP contribution in [0.5, 0.6) is 11.5 Å². The fraction of sp³-hybridized carbons (Fsp3) is 0.600. The van der Waals surface area contributed by atoms with Crippen LogP contribution in [0.3, 0.4) is 0 Å². The van der Waals surface area contributed by atoms with Gasteiger partial charge in [-0.2, -0.15) is 0 Å². The number of rotatable bonds is 3. The van der Waals surface area contributed by atoms with Crippen molar-refractivity contribution in [2.75, 3.05) is 32.8 Å². The lowest BCUT2D eigenvalue weighted by Crippen LogP contribution is -2.35. The molecule has 0 spiro atoms. The largest absolute Gasteiger partial charge is 0.486 e. The van der Waals surface area contributed by atoms with Crippen LogP contribution in [-0.2, 0) is 6.54 Å². The third-order valence-electron chi connectivity index (χ3n) is 4.05. The van der Waals surface area contributed by atoms with Crippen molar-refractivity contribution in [3.8, 4) is 11.5 Å². The van der Waals surface area contributed by atoms with Gasteiger partial charge in [-0.3, -0.25) is 4.90 Å². The summed E-state index contributed by atoms with van der Waals surface area (Å²) in [6.07, 6.45) is 2.45. The average Bonchev–Trinajstić information content (AvgIpc) is 2.48. The second-order valence-corrected chi connectivity index (χ2v) is 5.43. The van der Waals surface area contributed by atoms with Crippen molar-refractivity contribution < 1.29 is 9.47 Å². The summed E-state index contributed by atoms with van der Waals surface area (Å²) in [4.78, 5) is 2.50. The van der Waals surface area contributed by atoms with E-state index in [-0.39, 0.29) is 12.4 Å². The smallest absolute Gasteiger partial charge is 0.161 e. The van der Waals surface area contributed by atoms with E-state index in [1.807, 2.05) is 6.07 Å². The molecular formula is C15H23ClN2O2. The Labute approximate surface area is 126 Å². The van der Waals surface area contributed by atoms with Gasteiger partial charge in [-0.15, -0.1) is 12.4 Å². The van der Waals surface area contributed by atoms with Gasteiger partial charge in [-0.25, -0.2) is 0 Å². The van der Waals surface area contributed by atoms with E-state index in [0.717, 1.165) is 43.6 Å². The molecule has 2 aliphatic rings. The van der Waals surface area contributed by atoms with Gasteiger partial charge >= 0.3 is 0 Å². The SMILES string of the molecule is Cl.NCC1CCN(Cc2ccc3c(c2)OCCO3)CC1. The van der Waals surface area contributed by atoms with Crippen LogP contribution in [0, 0.1) is 5.92 Å². The highest BCUT2D eigenvalue weighted by atomic mass is 35.5. The van der Waals surface area contributed by atoms with E-state index < -0.39 is 0 Å². The van der Waals surface area contributed by atoms with Gasteiger partial charge in [-0.1, -0.05) is 6.07 Å². The van der Waals surface area contributed by atoms with Gasteiger partial charge in [0, 0.05) is 6.54 Å². The van der Waals surface area contributed by atoms with Gasteiger partial charge in [0.15, 0.2) is 11.5 Å². The Morgan fingerprint density at radius 1 is 1.10 bits per heavy atom. The maximum Gasteiger partial charge on any atom is 0.161 e. The Balaban J connectivity index is 0.00000147. The van der Waals surface area contributed by atoms with Crippen LogP contribution in [0.4, 0.5) is 0 Å². The van der Waals surface area contributed by atoms with Gasteiger partial charge in [-0.05, 0) is 56.1 Å². The molecule has 0 aromatic heterocycles. The molecule has 0 aliphatic carbocycles. The summed E-state index contributed by atoms with van der Waals surface area (Å²) in [6.45, 7) is 5.43. The zero-order valence-corrected chi connectivity index (χ0v) is 12.5. The lowest BCUT2D eigenvalue weighted by molar-refractivity contribution is 0.168. The number of fused-ring (bicyclic) bond motifs is 1. The summed E-state index contributed by atoms with van der Waals surface area (Å²) in [7, 11) is 0. The van der Waals surface area contributed by atoms with E-state index in [4.69, 9.17) is 15.2 Å². The first-order chi connectivity index (χ1) is 9.35. The zero-order chi connectivity index (χ0) is 13.1. The third kappa shape index (κ3) is 3.57. The van der Waals surface area contributed by atoms with Crippen molar-refractivity contribution in [2.24, 2.45) is 11.7 Å². The van der Waals surface area contributed by atoms with Crippen molar-refractivity contribution >= 4 is 12.4 Å². The molecule has 0 bridgehead atoms. The fourth-order valence-corrected chi connectivity index (χ4v) is 2.82. The molecule has 0 radical (unpaired) electrons. The van der Waals surface area contributed by atoms with Gasteiger partial charge in [0.2, 0.25) is 0 Å². The average molecular weight is 299 g/mol. The highest BCUT2D eigenvalue weighted by Gasteiger charge is 2.19. The Morgan fingerprint density at radius 3 is 2.50 bits per heavy atom. The van der Waals surface area contributed by atoms with Crippen LogP contribution in [-0.4, -0.2) is 37.7 Å². The summed E-state index contributed by atoms with van der Waals surface area (Å²) in [5, 5.41) is 0. The van der Waals surface area contributed by atoms with Crippen molar-refractivity contribution in [3.05, 3.63) is 23.8 Å². The monoisotopic (exact) mass is 298 g/mol. The summed E-state index contributed by atoms with van der Waals surface area (Å²) in [5.41, 5.74) is 7.03. The van der Waals surface area contributed by atoms with Crippen molar-refractivity contribution in [2.45, 2.75) is 19.4 Å². The number of piperidine rings is 1. The number of nitrogens with zero attached hydrogens (tertiary/aromatic N) is 1. The molecule has 0 saturated carbocycles. The summed E-state index contributed by atoms with van der Waals surface area (Å²) in [6, 6.07) is 6.28. The zero-order valence-electron chi connectivity index (χ0n) is 11.7. The lowest BCUT2D eigenvalue weighted by Gasteiger charge is -2.31. The number of hydrogen-bond acceptors (Lipinski definition) is 4. The first kappa shape index (κ1) is 15.4. The quantitative estimate of drug-likeness (QED) is 0.928. The minimum Gasteiger partial charge on any atom is -0.486 e. The van der Waals surface area contributed by atoms with Crippen LogP contribution in [0.15, 0.2) is 18.2 Å². The van der Waals surface area contributed by atoms with E-state index in [0.29, 0.717) is 13.2 Å². The first-order valence-electron chi connectivity index (χ1n) is 7.16. The minimum atomic E-state index is 0. The standard InChI is InChI=1S/C15H22N2O2.ClH/c16-10-12-3-5-17(6-4-12)11-13-1-2-14-15(9-13)19-8-7-18-14;/h1-2,9,12H,3-8,10-11,16H2;1H. The van der Waals surface area contributed by atoms with Crippen LogP contribution >= 0.6 is 12.4 Å². The minimum absolute atomic E-state index is 0. The maximum absolute atomic E-state index is 5.73. The summed E-state index contributed by atoms with van der Waals surface area (Å²) >= 11 is 0. The van der Waals surface area contributed by atoms with Gasteiger partial charge in [0.25, 0.3) is 0 Å². The van der Waals surface area contributed by atoms with E-state index in [1.54, 1.807) is 0 Å². The molecule has 3 rings (SSSR count). The number of likely N-dealkylation sites (tertiary alicyclic amines) is 1. The fourth-order valence-electron chi connectivity index (χ4n) is 2.82. The van der Waals surface area contributed by atoms with E-state index in [1.165, 1.54) is 18.4 Å². The van der Waals surface area contributed by atoms with E-state index in [2.05, 4.69) is 17.0 Å². The molecule has 1 aromatic rings. The molecule has 2 heterocycles. The lowest BCUT2D eigenvalue weighted by atomic mass is 9.97. The van der Waals surface area contributed by atoms with Crippen molar-refractivity contribution in [1.29, 1.82) is 0 Å². The number of hydrogen-bond donors (Lipinski definition) is 1. The number of ether oxygens (including phenoxy) is 2. The molecule has 20 heavy (non-hydrogen) atoms. The number of halogens is 1. The highest BCUT2D eigenvalue weighted by molar-refractivity contribution is 5.85. The molecule has 2 aliphatic heterocycles. The highest BCUT2D eigenvalue weighted by Crippen LogP contribution is 2.31. The molecule has 112 valence electrons. The van der Waals surface area contributed by atoms with Gasteiger partial charge < -0.3 is 15.2 Å². The summed E-state index contributed by atoms with van der Waals surface area (Å²) in [5.74, 6) is 2.48. The molecule has 0 atom stereocenters. The molecule has 1 saturated heterocycles. The second kappa shape index (κ2) is 7.16. The second-order valence-electron chi connectivity index (χ2n) is 5.43. The molecule has 0 unspecified atom stereocenters. The van der Waals surface area contributed by atoms with Crippen LogP contribution in [0.1, 0.15) is 18.4 Å². The molecule has 2 N–H and O–H groups in total. The molecule has 1 fully saturated rings. The molecular weight excluding hydrogens is 276 g/mol. The Morgan fingerprint density at radius 2 is 1.80 bits per heavy atom. The van der Waals surface area contributed by atoms with E-state index >= 15 is 0 Å². The summed E-state index contributed by atoms with van der Waals surface area (Å²) < 4.78 is 11.2. The number of nitrogens with two attached hydrogens (primary N) is 1.